The minimum atomic E-state index is -0.0562. The van der Waals surface area contributed by atoms with Gasteiger partial charge >= 0.3 is 0 Å². The van der Waals surface area contributed by atoms with Crippen LogP contribution >= 0.6 is 0 Å². The Hall–Kier alpha value is -1.58. The highest BCUT2D eigenvalue weighted by Crippen LogP contribution is 2.38. The zero-order valence-electron chi connectivity index (χ0n) is 9.67. The van der Waals surface area contributed by atoms with Crippen LogP contribution in [0.1, 0.15) is 29.6 Å². The van der Waals surface area contributed by atoms with Gasteiger partial charge in [0.2, 0.25) is 0 Å². The van der Waals surface area contributed by atoms with E-state index in [9.17, 15) is 9.90 Å². The predicted octanol–water partition coefficient (Wildman–Crippen LogP) is 1.66. The SMILES string of the molecule is O=C(c1ccncc1O)N1CC2CCCC2C1. The van der Waals surface area contributed by atoms with Crippen LogP contribution in [0, 0.1) is 11.8 Å². The minimum Gasteiger partial charge on any atom is -0.505 e. The fraction of sp³-hybridized carbons (Fsp3) is 0.538. The Morgan fingerprint density at radius 2 is 2.06 bits per heavy atom. The second-order valence-electron chi connectivity index (χ2n) is 5.05. The molecule has 2 heterocycles. The molecule has 1 saturated heterocycles. The number of likely N-dealkylation sites (tertiary alicyclic amines) is 1. The molecule has 2 atom stereocenters. The number of aromatic hydroxyl groups is 1. The first-order valence-corrected chi connectivity index (χ1v) is 6.18. The third-order valence-corrected chi connectivity index (χ3v) is 4.04. The molecule has 2 aliphatic rings. The van der Waals surface area contributed by atoms with Crippen LogP contribution < -0.4 is 0 Å². The number of fused-ring (bicyclic) bond motifs is 1. The van der Waals surface area contributed by atoms with Gasteiger partial charge in [0.25, 0.3) is 5.91 Å². The van der Waals surface area contributed by atoms with Crippen molar-refractivity contribution in [1.82, 2.24) is 9.88 Å². The van der Waals surface area contributed by atoms with Gasteiger partial charge in [0.15, 0.2) is 0 Å². The third-order valence-electron chi connectivity index (χ3n) is 4.04. The fourth-order valence-electron chi connectivity index (χ4n) is 3.14. The summed E-state index contributed by atoms with van der Waals surface area (Å²) in [5, 5.41) is 9.63. The number of aromatic nitrogens is 1. The highest BCUT2D eigenvalue weighted by Gasteiger charge is 2.38. The summed E-state index contributed by atoms with van der Waals surface area (Å²) in [6.07, 6.45) is 6.67. The van der Waals surface area contributed by atoms with Gasteiger partial charge in [-0.2, -0.15) is 0 Å². The highest BCUT2D eigenvalue weighted by molar-refractivity contribution is 5.96. The molecule has 90 valence electrons. The maximum absolute atomic E-state index is 12.2. The maximum atomic E-state index is 12.2. The lowest BCUT2D eigenvalue weighted by atomic mass is 10.0. The molecule has 4 nitrogen and oxygen atoms in total. The Morgan fingerprint density at radius 1 is 1.35 bits per heavy atom. The van der Waals surface area contributed by atoms with Gasteiger partial charge in [-0.3, -0.25) is 9.78 Å². The Labute approximate surface area is 100 Å². The van der Waals surface area contributed by atoms with Crippen LogP contribution in [0.25, 0.3) is 0 Å². The van der Waals surface area contributed by atoms with Crippen molar-refractivity contribution < 1.29 is 9.90 Å². The highest BCUT2D eigenvalue weighted by atomic mass is 16.3. The molecular weight excluding hydrogens is 216 g/mol. The first-order valence-electron chi connectivity index (χ1n) is 6.18. The number of hydrogen-bond acceptors (Lipinski definition) is 3. The Balaban J connectivity index is 1.78. The second-order valence-corrected chi connectivity index (χ2v) is 5.05. The largest absolute Gasteiger partial charge is 0.505 e. The van der Waals surface area contributed by atoms with E-state index in [0.29, 0.717) is 17.4 Å². The molecule has 0 spiro atoms. The monoisotopic (exact) mass is 232 g/mol. The van der Waals surface area contributed by atoms with Crippen LogP contribution in [0.3, 0.4) is 0 Å². The summed E-state index contributed by atoms with van der Waals surface area (Å²) in [5.41, 5.74) is 0.375. The molecule has 1 amide bonds. The first-order chi connectivity index (χ1) is 8.25. The number of carbonyl (C=O) groups is 1. The van der Waals surface area contributed by atoms with E-state index in [2.05, 4.69) is 4.98 Å². The molecule has 17 heavy (non-hydrogen) atoms. The van der Waals surface area contributed by atoms with Gasteiger partial charge in [0.05, 0.1) is 11.8 Å². The van der Waals surface area contributed by atoms with Crippen molar-refractivity contribution in [2.24, 2.45) is 11.8 Å². The van der Waals surface area contributed by atoms with Crippen molar-refractivity contribution in [1.29, 1.82) is 0 Å². The van der Waals surface area contributed by atoms with Crippen molar-refractivity contribution >= 4 is 5.91 Å². The summed E-state index contributed by atoms with van der Waals surface area (Å²) in [5.74, 6) is 1.29. The molecule has 1 aromatic heterocycles. The van der Waals surface area contributed by atoms with E-state index in [1.165, 1.54) is 25.5 Å². The lowest BCUT2D eigenvalue weighted by molar-refractivity contribution is 0.0777. The summed E-state index contributed by atoms with van der Waals surface area (Å²) in [7, 11) is 0. The second kappa shape index (κ2) is 4.02. The molecule has 1 aliphatic carbocycles. The summed E-state index contributed by atoms with van der Waals surface area (Å²) in [6.45, 7) is 1.70. The van der Waals surface area contributed by atoms with Crippen LogP contribution in [-0.4, -0.2) is 34.0 Å². The topological polar surface area (TPSA) is 53.4 Å². The molecular formula is C13H16N2O2. The maximum Gasteiger partial charge on any atom is 0.257 e. The summed E-state index contributed by atoms with van der Waals surface area (Å²) in [4.78, 5) is 17.9. The Morgan fingerprint density at radius 3 is 2.71 bits per heavy atom. The minimum absolute atomic E-state index is 0.0189. The quantitative estimate of drug-likeness (QED) is 0.801. The molecule has 0 aromatic carbocycles. The van der Waals surface area contributed by atoms with Crippen molar-refractivity contribution in [2.75, 3.05) is 13.1 Å². The molecule has 0 bridgehead atoms. The van der Waals surface area contributed by atoms with Gasteiger partial charge in [0, 0.05) is 19.3 Å². The van der Waals surface area contributed by atoms with Crippen LogP contribution in [0.2, 0.25) is 0 Å². The molecule has 1 aliphatic heterocycles. The normalized spacial score (nSPS) is 27.2. The molecule has 0 radical (unpaired) electrons. The van der Waals surface area contributed by atoms with E-state index in [4.69, 9.17) is 0 Å². The van der Waals surface area contributed by atoms with E-state index in [1.807, 2.05) is 4.90 Å². The van der Waals surface area contributed by atoms with Crippen LogP contribution in [0.4, 0.5) is 0 Å². The zero-order valence-corrected chi connectivity index (χ0v) is 9.67. The smallest absolute Gasteiger partial charge is 0.257 e. The van der Waals surface area contributed by atoms with Gasteiger partial charge in [-0.15, -0.1) is 0 Å². The summed E-state index contributed by atoms with van der Waals surface area (Å²) >= 11 is 0. The number of carbonyl (C=O) groups excluding carboxylic acids is 1. The van der Waals surface area contributed by atoms with Gasteiger partial charge in [-0.05, 0) is 30.7 Å². The van der Waals surface area contributed by atoms with E-state index in [0.717, 1.165) is 13.1 Å². The van der Waals surface area contributed by atoms with Gasteiger partial charge in [-0.1, -0.05) is 6.42 Å². The van der Waals surface area contributed by atoms with Crippen LogP contribution in [0.5, 0.6) is 5.75 Å². The molecule has 1 aromatic rings. The lowest BCUT2D eigenvalue weighted by Crippen LogP contribution is -2.29. The Bertz CT molecular complexity index is 435. The summed E-state index contributed by atoms with van der Waals surface area (Å²) in [6, 6.07) is 1.59. The zero-order chi connectivity index (χ0) is 11.8. The van der Waals surface area contributed by atoms with Crippen molar-refractivity contribution in [3.05, 3.63) is 24.0 Å². The molecule has 1 N–H and O–H groups in total. The first kappa shape index (κ1) is 10.6. The van der Waals surface area contributed by atoms with E-state index in [-0.39, 0.29) is 11.7 Å². The number of hydrogen-bond donors (Lipinski definition) is 1. The van der Waals surface area contributed by atoms with Gasteiger partial charge < -0.3 is 10.0 Å². The van der Waals surface area contributed by atoms with Crippen molar-refractivity contribution in [3.8, 4) is 5.75 Å². The summed E-state index contributed by atoms with van der Waals surface area (Å²) < 4.78 is 0. The van der Waals surface area contributed by atoms with Gasteiger partial charge in [0.1, 0.15) is 5.75 Å². The van der Waals surface area contributed by atoms with Crippen molar-refractivity contribution in [2.45, 2.75) is 19.3 Å². The predicted molar refractivity (Wildman–Crippen MR) is 62.6 cm³/mol. The average molecular weight is 232 g/mol. The Kier molecular flexibility index (Phi) is 2.50. The third kappa shape index (κ3) is 1.77. The van der Waals surface area contributed by atoms with Crippen molar-refractivity contribution in [3.63, 3.8) is 0 Å². The number of pyridine rings is 1. The van der Waals surface area contributed by atoms with Crippen LogP contribution in [0.15, 0.2) is 18.5 Å². The lowest BCUT2D eigenvalue weighted by Gasteiger charge is -2.17. The number of amides is 1. The van der Waals surface area contributed by atoms with E-state index < -0.39 is 0 Å². The van der Waals surface area contributed by atoms with E-state index in [1.54, 1.807) is 12.3 Å². The molecule has 2 fully saturated rings. The standard InChI is InChI=1S/C13H16N2O2/c16-12-6-14-5-4-11(12)13(17)15-7-9-2-1-3-10(9)8-15/h4-6,9-10,16H,1-3,7-8H2. The van der Waals surface area contributed by atoms with Gasteiger partial charge in [-0.25, -0.2) is 0 Å². The molecule has 4 heteroatoms. The molecule has 2 unspecified atom stereocenters. The average Bonchev–Trinajstić information content (AvgIpc) is 2.88. The number of rotatable bonds is 1. The fourth-order valence-corrected chi connectivity index (χ4v) is 3.14. The van der Waals surface area contributed by atoms with Crippen LogP contribution in [-0.2, 0) is 0 Å². The molecule has 1 saturated carbocycles. The number of nitrogens with zero attached hydrogens (tertiary/aromatic N) is 2. The molecule has 3 rings (SSSR count). The van der Waals surface area contributed by atoms with E-state index >= 15 is 0 Å².